The number of carbonyl (C=O) groups is 1. The summed E-state index contributed by atoms with van der Waals surface area (Å²) in [7, 11) is 0. The van der Waals surface area contributed by atoms with Gasteiger partial charge in [-0.15, -0.1) is 0 Å². The highest BCUT2D eigenvalue weighted by atomic mass is 16.5. The maximum atomic E-state index is 11.9. The monoisotopic (exact) mass is 458 g/mol. The molecule has 1 aromatic heterocycles. The number of hydrogen-bond acceptors (Lipinski definition) is 4. The van der Waals surface area contributed by atoms with Gasteiger partial charge in [-0.3, -0.25) is 4.79 Å². The molecule has 0 atom stereocenters. The van der Waals surface area contributed by atoms with Crippen LogP contribution in [0.2, 0.25) is 0 Å². The Morgan fingerprint density at radius 2 is 1.21 bits per heavy atom. The van der Waals surface area contributed by atoms with E-state index in [0.29, 0.717) is 18.0 Å². The molecule has 0 aliphatic rings. The molecule has 3 aromatic rings. The van der Waals surface area contributed by atoms with E-state index in [4.69, 9.17) is 4.74 Å². The summed E-state index contributed by atoms with van der Waals surface area (Å²) in [6.07, 6.45) is 14.9. The summed E-state index contributed by atoms with van der Waals surface area (Å²) in [5, 5.41) is 0. The SMILES string of the molecule is CCCCCCC(=O)Oc1cnc(-c2ccc(CCc3ccc(CCCCC)cc3)cc2)nc1. The van der Waals surface area contributed by atoms with Crippen LogP contribution in [-0.2, 0) is 24.1 Å². The number of aromatic nitrogens is 2. The molecule has 1 heterocycles. The van der Waals surface area contributed by atoms with Crippen molar-refractivity contribution in [2.45, 2.75) is 84.5 Å². The molecule has 0 N–H and O–H groups in total. The Hall–Kier alpha value is -3.01. The number of esters is 1. The number of benzene rings is 2. The zero-order valence-electron chi connectivity index (χ0n) is 20.8. The minimum atomic E-state index is -0.220. The van der Waals surface area contributed by atoms with Gasteiger partial charge in [0.1, 0.15) is 0 Å². The highest BCUT2D eigenvalue weighted by Gasteiger charge is 2.07. The summed E-state index contributed by atoms with van der Waals surface area (Å²) in [6, 6.07) is 17.5. The molecule has 180 valence electrons. The zero-order chi connectivity index (χ0) is 24.0. The van der Waals surface area contributed by atoms with Crippen LogP contribution in [0.5, 0.6) is 5.75 Å². The topological polar surface area (TPSA) is 52.1 Å². The van der Waals surface area contributed by atoms with Gasteiger partial charge in [0.25, 0.3) is 0 Å². The number of carbonyl (C=O) groups excluding carboxylic acids is 1. The lowest BCUT2D eigenvalue weighted by atomic mass is 10.0. The van der Waals surface area contributed by atoms with Crippen molar-refractivity contribution in [1.29, 1.82) is 0 Å². The molecule has 3 rings (SSSR count). The Kier molecular flexibility index (Phi) is 10.8. The molecular formula is C30H38N2O2. The molecule has 0 unspecified atom stereocenters. The number of rotatable bonds is 14. The van der Waals surface area contributed by atoms with Crippen LogP contribution in [0.15, 0.2) is 60.9 Å². The van der Waals surface area contributed by atoms with Gasteiger partial charge in [-0.1, -0.05) is 94.5 Å². The molecule has 4 heteroatoms. The van der Waals surface area contributed by atoms with Crippen molar-refractivity contribution >= 4 is 5.97 Å². The Labute approximate surface area is 204 Å². The summed E-state index contributed by atoms with van der Waals surface area (Å²) in [4.78, 5) is 20.7. The van der Waals surface area contributed by atoms with Gasteiger partial charge in [-0.05, 0) is 48.8 Å². The third kappa shape index (κ3) is 8.74. The van der Waals surface area contributed by atoms with Crippen LogP contribution in [0, 0.1) is 0 Å². The Morgan fingerprint density at radius 1 is 0.676 bits per heavy atom. The van der Waals surface area contributed by atoms with Gasteiger partial charge in [0, 0.05) is 12.0 Å². The molecule has 0 aliphatic heterocycles. The number of nitrogens with zero attached hydrogens (tertiary/aromatic N) is 2. The summed E-state index contributed by atoms with van der Waals surface area (Å²) >= 11 is 0. The van der Waals surface area contributed by atoms with Crippen LogP contribution in [0.25, 0.3) is 11.4 Å². The van der Waals surface area contributed by atoms with Gasteiger partial charge in [-0.2, -0.15) is 0 Å². The van der Waals surface area contributed by atoms with Crippen molar-refractivity contribution in [1.82, 2.24) is 9.97 Å². The van der Waals surface area contributed by atoms with Gasteiger partial charge >= 0.3 is 5.97 Å². The number of unbranched alkanes of at least 4 members (excludes halogenated alkanes) is 5. The molecule has 0 saturated heterocycles. The predicted octanol–water partition coefficient (Wildman–Crippen LogP) is 7.54. The summed E-state index contributed by atoms with van der Waals surface area (Å²) < 4.78 is 5.35. The summed E-state index contributed by atoms with van der Waals surface area (Å²) in [6.45, 7) is 4.40. The fraction of sp³-hybridized carbons (Fsp3) is 0.433. The molecule has 34 heavy (non-hydrogen) atoms. The second-order valence-corrected chi connectivity index (χ2v) is 9.00. The quantitative estimate of drug-likeness (QED) is 0.185. The molecule has 0 fully saturated rings. The molecule has 0 amide bonds. The normalized spacial score (nSPS) is 10.9. The second-order valence-electron chi connectivity index (χ2n) is 9.00. The lowest BCUT2D eigenvalue weighted by molar-refractivity contribution is -0.134. The zero-order valence-corrected chi connectivity index (χ0v) is 20.8. The van der Waals surface area contributed by atoms with E-state index in [1.165, 1.54) is 42.4 Å². The van der Waals surface area contributed by atoms with Crippen LogP contribution in [0.1, 0.15) is 81.9 Å². The highest BCUT2D eigenvalue weighted by Crippen LogP contribution is 2.19. The standard InChI is InChI=1S/C30H38N2O2/c1-3-5-7-9-11-29(33)34-28-22-31-30(32-23-28)27-20-18-26(19-21-27)17-16-25-14-12-24(13-15-25)10-8-6-4-2/h12-15,18-23H,3-11,16-17H2,1-2H3. The molecule has 0 saturated carbocycles. The first-order valence-corrected chi connectivity index (χ1v) is 12.9. The van der Waals surface area contributed by atoms with E-state index in [-0.39, 0.29) is 5.97 Å². The highest BCUT2D eigenvalue weighted by molar-refractivity contribution is 5.72. The average Bonchev–Trinajstić information content (AvgIpc) is 2.87. The Morgan fingerprint density at radius 3 is 1.79 bits per heavy atom. The van der Waals surface area contributed by atoms with Crippen molar-refractivity contribution in [3.63, 3.8) is 0 Å². The van der Waals surface area contributed by atoms with Gasteiger partial charge in [0.2, 0.25) is 0 Å². The van der Waals surface area contributed by atoms with Crippen LogP contribution >= 0.6 is 0 Å². The molecule has 0 radical (unpaired) electrons. The smallest absolute Gasteiger partial charge is 0.311 e. The minimum absolute atomic E-state index is 0.220. The molecule has 2 aromatic carbocycles. The van der Waals surface area contributed by atoms with Crippen LogP contribution in [0.3, 0.4) is 0 Å². The number of hydrogen-bond donors (Lipinski definition) is 0. The van der Waals surface area contributed by atoms with Crippen molar-refractivity contribution in [2.24, 2.45) is 0 Å². The first-order chi connectivity index (χ1) is 16.7. The maximum Gasteiger partial charge on any atom is 0.311 e. The van der Waals surface area contributed by atoms with Crippen molar-refractivity contribution < 1.29 is 9.53 Å². The van der Waals surface area contributed by atoms with E-state index in [9.17, 15) is 4.79 Å². The first kappa shape index (κ1) is 25.6. The number of aryl methyl sites for hydroxylation is 3. The fourth-order valence-electron chi connectivity index (χ4n) is 3.96. The van der Waals surface area contributed by atoms with E-state index < -0.39 is 0 Å². The average molecular weight is 459 g/mol. The van der Waals surface area contributed by atoms with Gasteiger partial charge < -0.3 is 4.74 Å². The van der Waals surface area contributed by atoms with Crippen molar-refractivity contribution in [3.05, 3.63) is 77.6 Å². The minimum Gasteiger partial charge on any atom is -0.423 e. The van der Waals surface area contributed by atoms with Crippen LogP contribution in [-0.4, -0.2) is 15.9 Å². The van der Waals surface area contributed by atoms with Crippen LogP contribution in [0.4, 0.5) is 0 Å². The summed E-state index contributed by atoms with van der Waals surface area (Å²) in [5.74, 6) is 0.813. The van der Waals surface area contributed by atoms with Crippen molar-refractivity contribution in [3.8, 4) is 17.1 Å². The lowest BCUT2D eigenvalue weighted by Crippen LogP contribution is -2.08. The van der Waals surface area contributed by atoms with E-state index in [1.54, 1.807) is 12.4 Å². The molecule has 4 nitrogen and oxygen atoms in total. The molecule has 0 bridgehead atoms. The third-order valence-electron chi connectivity index (χ3n) is 6.10. The van der Waals surface area contributed by atoms with E-state index in [0.717, 1.165) is 44.1 Å². The maximum absolute atomic E-state index is 11.9. The lowest BCUT2D eigenvalue weighted by Gasteiger charge is -2.07. The van der Waals surface area contributed by atoms with Gasteiger partial charge in [-0.25, -0.2) is 9.97 Å². The predicted molar refractivity (Wildman–Crippen MR) is 139 cm³/mol. The summed E-state index contributed by atoms with van der Waals surface area (Å²) in [5.41, 5.74) is 5.07. The van der Waals surface area contributed by atoms with Gasteiger partial charge in [0.05, 0.1) is 12.4 Å². The second kappa shape index (κ2) is 14.3. The fourth-order valence-corrected chi connectivity index (χ4v) is 3.96. The van der Waals surface area contributed by atoms with E-state index >= 15 is 0 Å². The molecular weight excluding hydrogens is 420 g/mol. The van der Waals surface area contributed by atoms with E-state index in [2.05, 4.69) is 72.3 Å². The number of ether oxygens (including phenoxy) is 1. The molecule has 0 aliphatic carbocycles. The molecule has 0 spiro atoms. The van der Waals surface area contributed by atoms with Gasteiger partial charge in [0.15, 0.2) is 11.6 Å². The third-order valence-corrected chi connectivity index (χ3v) is 6.10. The van der Waals surface area contributed by atoms with Crippen molar-refractivity contribution in [2.75, 3.05) is 0 Å². The van der Waals surface area contributed by atoms with Crippen LogP contribution < -0.4 is 4.74 Å². The Balaban J connectivity index is 1.46. The Bertz CT molecular complexity index is 980. The van der Waals surface area contributed by atoms with E-state index in [1.807, 2.05) is 0 Å². The largest absolute Gasteiger partial charge is 0.423 e. The first-order valence-electron chi connectivity index (χ1n) is 12.9.